The molecule has 0 amide bonds. The first-order valence-electron chi connectivity index (χ1n) is 14.3. The van der Waals surface area contributed by atoms with Crippen LogP contribution in [0.15, 0.2) is 48.5 Å². The number of carbonyl (C=O) groups is 3. The third-order valence-electron chi connectivity index (χ3n) is 7.12. The SMILES string of the molecule is CCCC1CCC(C(=O)Oc2ccc(/C=C/C(=O)OCCCCCCOC(=O)c3cc(N)cc(N)c3)cc2)CC1. The molecule has 0 aliphatic heterocycles. The summed E-state index contributed by atoms with van der Waals surface area (Å²) in [5.74, 6) is 0.244. The topological polar surface area (TPSA) is 131 Å². The molecule has 0 spiro atoms. The molecule has 8 heteroatoms. The van der Waals surface area contributed by atoms with Crippen molar-refractivity contribution in [2.24, 2.45) is 11.8 Å². The Hall–Kier alpha value is -3.81. The Bertz CT molecular complexity index is 1120. The van der Waals surface area contributed by atoms with Crippen LogP contribution in [-0.4, -0.2) is 31.1 Å². The van der Waals surface area contributed by atoms with E-state index in [0.717, 1.165) is 56.4 Å². The quantitative estimate of drug-likeness (QED) is 0.0916. The van der Waals surface area contributed by atoms with E-state index in [1.54, 1.807) is 36.4 Å². The average Bonchev–Trinajstić information content (AvgIpc) is 2.94. The van der Waals surface area contributed by atoms with E-state index in [9.17, 15) is 14.4 Å². The van der Waals surface area contributed by atoms with Crippen molar-refractivity contribution in [3.8, 4) is 5.75 Å². The predicted octanol–water partition coefficient (Wildman–Crippen LogP) is 6.34. The van der Waals surface area contributed by atoms with Gasteiger partial charge in [-0.2, -0.15) is 0 Å². The molecule has 8 nitrogen and oxygen atoms in total. The first-order chi connectivity index (χ1) is 19.3. The molecular weight excluding hydrogens is 508 g/mol. The monoisotopic (exact) mass is 550 g/mol. The van der Waals surface area contributed by atoms with Gasteiger partial charge in [0.25, 0.3) is 0 Å². The van der Waals surface area contributed by atoms with Crippen molar-refractivity contribution in [2.75, 3.05) is 24.7 Å². The van der Waals surface area contributed by atoms with Crippen LogP contribution < -0.4 is 16.2 Å². The molecule has 1 saturated carbocycles. The van der Waals surface area contributed by atoms with Crippen LogP contribution in [-0.2, 0) is 19.1 Å². The van der Waals surface area contributed by atoms with Gasteiger partial charge in [-0.05, 0) is 99.3 Å². The van der Waals surface area contributed by atoms with E-state index in [1.807, 2.05) is 0 Å². The zero-order chi connectivity index (χ0) is 28.7. The molecule has 4 N–H and O–H groups in total. The van der Waals surface area contributed by atoms with E-state index < -0.39 is 11.9 Å². The number of carbonyl (C=O) groups excluding carboxylic acids is 3. The number of hydrogen-bond donors (Lipinski definition) is 2. The van der Waals surface area contributed by atoms with Crippen molar-refractivity contribution >= 4 is 35.4 Å². The summed E-state index contributed by atoms with van der Waals surface area (Å²) >= 11 is 0. The molecule has 0 atom stereocenters. The Morgan fingerprint density at radius 1 is 0.850 bits per heavy atom. The second-order valence-corrected chi connectivity index (χ2v) is 10.4. The highest BCUT2D eigenvalue weighted by Crippen LogP contribution is 2.32. The molecule has 0 aromatic heterocycles. The highest BCUT2D eigenvalue weighted by molar-refractivity contribution is 5.91. The van der Waals surface area contributed by atoms with Gasteiger partial charge in [0.2, 0.25) is 0 Å². The Labute approximate surface area is 237 Å². The van der Waals surface area contributed by atoms with Gasteiger partial charge in [0.15, 0.2) is 0 Å². The smallest absolute Gasteiger partial charge is 0.338 e. The minimum atomic E-state index is -0.449. The molecule has 0 radical (unpaired) electrons. The highest BCUT2D eigenvalue weighted by atomic mass is 16.5. The van der Waals surface area contributed by atoms with Crippen molar-refractivity contribution in [1.29, 1.82) is 0 Å². The van der Waals surface area contributed by atoms with Crippen LogP contribution in [0.4, 0.5) is 11.4 Å². The Morgan fingerprint density at radius 2 is 1.48 bits per heavy atom. The third kappa shape index (κ3) is 10.8. The molecule has 1 aliphatic rings. The number of ether oxygens (including phenoxy) is 3. The molecule has 1 aliphatic carbocycles. The Balaban J connectivity index is 1.25. The maximum atomic E-state index is 12.5. The standard InChI is InChI=1S/C32H42N2O6/c1-2-7-23-8-13-25(14-9-23)32(37)40-29-15-10-24(11-16-29)12-17-30(35)38-18-5-3-4-6-19-39-31(36)26-20-27(33)22-28(34)21-26/h10-12,15-17,20-23,25H,2-9,13-14,18-19,33-34H2,1H3/b17-12+. The normalized spacial score (nSPS) is 16.9. The molecule has 3 rings (SSSR count). The van der Waals surface area contributed by atoms with Crippen LogP contribution in [0, 0.1) is 11.8 Å². The summed E-state index contributed by atoms with van der Waals surface area (Å²) < 4.78 is 16.1. The maximum absolute atomic E-state index is 12.5. The van der Waals surface area contributed by atoms with Crippen LogP contribution in [0.3, 0.4) is 0 Å². The van der Waals surface area contributed by atoms with E-state index in [1.165, 1.54) is 31.1 Å². The Kier molecular flexibility index (Phi) is 12.5. The van der Waals surface area contributed by atoms with Crippen LogP contribution >= 0.6 is 0 Å². The predicted molar refractivity (Wildman–Crippen MR) is 156 cm³/mol. The Morgan fingerprint density at radius 3 is 2.10 bits per heavy atom. The largest absolute Gasteiger partial charge is 0.463 e. The number of esters is 3. The number of benzene rings is 2. The zero-order valence-electron chi connectivity index (χ0n) is 23.4. The van der Waals surface area contributed by atoms with E-state index in [2.05, 4.69) is 6.92 Å². The van der Waals surface area contributed by atoms with Gasteiger partial charge >= 0.3 is 17.9 Å². The fourth-order valence-electron chi connectivity index (χ4n) is 4.93. The van der Waals surface area contributed by atoms with Gasteiger partial charge in [0, 0.05) is 17.5 Å². The lowest BCUT2D eigenvalue weighted by molar-refractivity contribution is -0.140. The lowest BCUT2D eigenvalue weighted by Crippen LogP contribution is -2.25. The van der Waals surface area contributed by atoms with Gasteiger partial charge in [-0.3, -0.25) is 4.79 Å². The molecule has 0 unspecified atom stereocenters. The minimum absolute atomic E-state index is 0.0137. The van der Waals surface area contributed by atoms with E-state index in [4.69, 9.17) is 25.7 Å². The molecule has 0 heterocycles. The van der Waals surface area contributed by atoms with Crippen LogP contribution in [0.25, 0.3) is 6.08 Å². The summed E-state index contributed by atoms with van der Waals surface area (Å²) in [4.78, 5) is 36.6. The van der Waals surface area contributed by atoms with Gasteiger partial charge in [0.05, 0.1) is 24.7 Å². The first kappa shape index (κ1) is 30.7. The summed E-state index contributed by atoms with van der Waals surface area (Å²) in [5.41, 5.74) is 13.4. The number of hydrogen-bond acceptors (Lipinski definition) is 8. The van der Waals surface area contributed by atoms with Crippen molar-refractivity contribution < 1.29 is 28.6 Å². The second kappa shape index (κ2) is 16.3. The summed E-state index contributed by atoms with van der Waals surface area (Å²) in [5, 5.41) is 0. The summed E-state index contributed by atoms with van der Waals surface area (Å²) in [7, 11) is 0. The molecule has 0 bridgehead atoms. The fraction of sp³-hybridized carbons (Fsp3) is 0.469. The lowest BCUT2D eigenvalue weighted by Gasteiger charge is -2.26. The van der Waals surface area contributed by atoms with Gasteiger partial charge in [-0.15, -0.1) is 0 Å². The molecule has 2 aromatic rings. The minimum Gasteiger partial charge on any atom is -0.463 e. The van der Waals surface area contributed by atoms with Crippen LogP contribution in [0.2, 0.25) is 0 Å². The molecular formula is C32H42N2O6. The maximum Gasteiger partial charge on any atom is 0.338 e. The van der Waals surface area contributed by atoms with E-state index >= 15 is 0 Å². The van der Waals surface area contributed by atoms with Crippen molar-refractivity contribution in [1.82, 2.24) is 0 Å². The third-order valence-corrected chi connectivity index (χ3v) is 7.12. The molecule has 40 heavy (non-hydrogen) atoms. The summed E-state index contributed by atoms with van der Waals surface area (Å²) in [6.45, 7) is 2.83. The highest BCUT2D eigenvalue weighted by Gasteiger charge is 2.27. The zero-order valence-corrected chi connectivity index (χ0v) is 23.4. The van der Waals surface area contributed by atoms with E-state index in [-0.39, 0.29) is 11.9 Å². The first-order valence-corrected chi connectivity index (χ1v) is 14.3. The molecule has 2 aromatic carbocycles. The van der Waals surface area contributed by atoms with Crippen LogP contribution in [0.1, 0.15) is 87.1 Å². The van der Waals surface area contributed by atoms with Gasteiger partial charge in [0.1, 0.15) is 5.75 Å². The second-order valence-electron chi connectivity index (χ2n) is 10.4. The average molecular weight is 551 g/mol. The lowest BCUT2D eigenvalue weighted by atomic mass is 9.80. The number of anilines is 2. The van der Waals surface area contributed by atoms with Gasteiger partial charge in [-0.1, -0.05) is 31.9 Å². The molecule has 1 fully saturated rings. The number of rotatable bonds is 14. The van der Waals surface area contributed by atoms with Crippen molar-refractivity contribution in [3.63, 3.8) is 0 Å². The van der Waals surface area contributed by atoms with Gasteiger partial charge < -0.3 is 25.7 Å². The van der Waals surface area contributed by atoms with Crippen molar-refractivity contribution in [3.05, 3.63) is 59.7 Å². The molecule has 216 valence electrons. The fourth-order valence-corrected chi connectivity index (χ4v) is 4.93. The summed E-state index contributed by atoms with van der Waals surface area (Å²) in [6, 6.07) is 11.7. The number of nitrogen functional groups attached to an aromatic ring is 2. The summed E-state index contributed by atoms with van der Waals surface area (Å²) in [6.07, 6.45) is 12.6. The van der Waals surface area contributed by atoms with Crippen LogP contribution in [0.5, 0.6) is 5.75 Å². The number of unbranched alkanes of at least 4 members (excludes halogenated alkanes) is 3. The van der Waals surface area contributed by atoms with Gasteiger partial charge in [-0.25, -0.2) is 9.59 Å². The number of nitrogens with two attached hydrogens (primary N) is 2. The molecule has 0 saturated heterocycles. The van der Waals surface area contributed by atoms with E-state index in [0.29, 0.717) is 42.3 Å². The van der Waals surface area contributed by atoms with Crippen molar-refractivity contribution in [2.45, 2.75) is 71.1 Å².